The standard InChI is InChI=1S/C18H15Br2Cl2NOS/c19-14-7-12(18(25)23-5-1-2-6-23)8-15(20)17(14)24-10-11-3-4-13(21)9-16(11)22/h3-4,7-9H,1-2,5-6,10H2. The van der Waals surface area contributed by atoms with E-state index in [1.807, 2.05) is 18.2 Å². The summed E-state index contributed by atoms with van der Waals surface area (Å²) < 4.78 is 7.66. The molecule has 25 heavy (non-hydrogen) atoms. The number of nitrogens with zero attached hydrogens (tertiary/aromatic N) is 1. The molecule has 0 N–H and O–H groups in total. The van der Waals surface area contributed by atoms with Crippen molar-refractivity contribution in [3.05, 3.63) is 60.4 Å². The average molecular weight is 524 g/mol. The fourth-order valence-corrected chi connectivity index (χ4v) is 4.89. The van der Waals surface area contributed by atoms with Crippen molar-refractivity contribution >= 4 is 72.3 Å². The number of halogens is 4. The summed E-state index contributed by atoms with van der Waals surface area (Å²) in [5.41, 5.74) is 1.88. The molecule has 0 amide bonds. The van der Waals surface area contributed by atoms with Crippen LogP contribution in [0, 0.1) is 0 Å². The Bertz CT molecular complexity index is 787. The second kappa shape index (κ2) is 8.57. The van der Waals surface area contributed by atoms with E-state index in [9.17, 15) is 0 Å². The molecule has 0 spiro atoms. The SMILES string of the molecule is S=C(c1cc(Br)c(OCc2ccc(Cl)cc2Cl)c(Br)c1)N1CCCC1. The minimum absolute atomic E-state index is 0.350. The molecule has 0 saturated carbocycles. The topological polar surface area (TPSA) is 12.5 Å². The quantitative estimate of drug-likeness (QED) is 0.406. The van der Waals surface area contributed by atoms with Crippen molar-refractivity contribution in [1.82, 2.24) is 4.90 Å². The van der Waals surface area contributed by atoms with Crippen LogP contribution >= 0.6 is 67.3 Å². The van der Waals surface area contributed by atoms with Gasteiger partial charge in [-0.25, -0.2) is 0 Å². The van der Waals surface area contributed by atoms with Crippen LogP contribution in [0.15, 0.2) is 39.3 Å². The van der Waals surface area contributed by atoms with Gasteiger partial charge < -0.3 is 9.64 Å². The van der Waals surface area contributed by atoms with Crippen molar-refractivity contribution in [3.8, 4) is 5.75 Å². The molecule has 0 aliphatic carbocycles. The molecule has 2 aromatic rings. The lowest BCUT2D eigenvalue weighted by molar-refractivity contribution is 0.302. The minimum atomic E-state index is 0.350. The summed E-state index contributed by atoms with van der Waals surface area (Å²) in [6.07, 6.45) is 2.40. The van der Waals surface area contributed by atoms with E-state index >= 15 is 0 Å². The van der Waals surface area contributed by atoms with Crippen LogP contribution in [-0.2, 0) is 6.61 Å². The van der Waals surface area contributed by atoms with E-state index in [2.05, 4.69) is 36.8 Å². The van der Waals surface area contributed by atoms with Gasteiger partial charge in [0.15, 0.2) is 0 Å². The third-order valence-corrected chi connectivity index (χ3v) is 6.28. The van der Waals surface area contributed by atoms with Gasteiger partial charge in [0, 0.05) is 34.3 Å². The first-order valence-corrected chi connectivity index (χ1v) is 10.6. The van der Waals surface area contributed by atoms with Crippen LogP contribution in [0.4, 0.5) is 0 Å². The maximum atomic E-state index is 6.20. The first kappa shape index (κ1) is 19.4. The normalized spacial score (nSPS) is 14.0. The molecular weight excluding hydrogens is 509 g/mol. The van der Waals surface area contributed by atoms with E-state index in [1.165, 1.54) is 12.8 Å². The largest absolute Gasteiger partial charge is 0.486 e. The van der Waals surface area contributed by atoms with Crippen LogP contribution in [0.2, 0.25) is 10.0 Å². The van der Waals surface area contributed by atoms with Crippen molar-refractivity contribution in [2.24, 2.45) is 0 Å². The van der Waals surface area contributed by atoms with Gasteiger partial charge in [-0.3, -0.25) is 0 Å². The smallest absolute Gasteiger partial charge is 0.148 e. The fourth-order valence-electron chi connectivity index (χ4n) is 2.71. The van der Waals surface area contributed by atoms with E-state index in [0.29, 0.717) is 16.7 Å². The number of likely N-dealkylation sites (tertiary alicyclic amines) is 1. The summed E-state index contributed by atoms with van der Waals surface area (Å²) >= 11 is 24.9. The van der Waals surface area contributed by atoms with Crippen LogP contribution in [0.5, 0.6) is 5.75 Å². The number of ether oxygens (including phenoxy) is 1. The van der Waals surface area contributed by atoms with E-state index in [-0.39, 0.29) is 0 Å². The van der Waals surface area contributed by atoms with Crippen molar-refractivity contribution in [3.63, 3.8) is 0 Å². The third kappa shape index (κ3) is 4.69. The summed E-state index contributed by atoms with van der Waals surface area (Å²) in [5.74, 6) is 0.721. The van der Waals surface area contributed by atoms with E-state index < -0.39 is 0 Å². The van der Waals surface area contributed by atoms with Gasteiger partial charge in [-0.1, -0.05) is 41.5 Å². The molecule has 0 aromatic heterocycles. The van der Waals surface area contributed by atoms with Gasteiger partial charge >= 0.3 is 0 Å². The maximum Gasteiger partial charge on any atom is 0.148 e. The van der Waals surface area contributed by atoms with Gasteiger partial charge in [0.1, 0.15) is 17.3 Å². The summed E-state index contributed by atoms with van der Waals surface area (Å²) in [4.78, 5) is 3.13. The summed E-state index contributed by atoms with van der Waals surface area (Å²) in [6, 6.07) is 9.38. The van der Waals surface area contributed by atoms with Gasteiger partial charge in [0.05, 0.1) is 8.95 Å². The molecule has 2 nitrogen and oxygen atoms in total. The van der Waals surface area contributed by atoms with Crippen LogP contribution in [0.1, 0.15) is 24.0 Å². The number of rotatable bonds is 4. The summed E-state index contributed by atoms with van der Waals surface area (Å²) in [5, 5.41) is 1.20. The molecule has 1 aliphatic rings. The number of thiocarbonyl (C=S) groups is 1. The molecule has 3 rings (SSSR count). The van der Waals surface area contributed by atoms with E-state index in [0.717, 1.165) is 43.9 Å². The van der Waals surface area contributed by atoms with Crippen molar-refractivity contribution in [2.75, 3.05) is 13.1 Å². The molecule has 1 aliphatic heterocycles. The van der Waals surface area contributed by atoms with Crippen LogP contribution in [-0.4, -0.2) is 23.0 Å². The minimum Gasteiger partial charge on any atom is -0.486 e. The first-order valence-electron chi connectivity index (χ1n) is 7.81. The van der Waals surface area contributed by atoms with Crippen molar-refractivity contribution in [2.45, 2.75) is 19.4 Å². The highest BCUT2D eigenvalue weighted by atomic mass is 79.9. The molecule has 0 unspecified atom stereocenters. The molecule has 7 heteroatoms. The number of benzene rings is 2. The lowest BCUT2D eigenvalue weighted by Gasteiger charge is -2.20. The summed E-state index contributed by atoms with van der Waals surface area (Å²) in [6.45, 7) is 2.41. The van der Waals surface area contributed by atoms with Gasteiger partial charge in [0.2, 0.25) is 0 Å². The lowest BCUT2D eigenvalue weighted by Crippen LogP contribution is -2.26. The zero-order valence-electron chi connectivity index (χ0n) is 13.2. The molecule has 1 fully saturated rings. The number of hydrogen-bond acceptors (Lipinski definition) is 2. The highest BCUT2D eigenvalue weighted by Gasteiger charge is 2.19. The Morgan fingerprint density at radius 3 is 2.32 bits per heavy atom. The zero-order chi connectivity index (χ0) is 18.0. The Kier molecular flexibility index (Phi) is 6.66. The monoisotopic (exact) mass is 521 g/mol. The average Bonchev–Trinajstić information content (AvgIpc) is 3.09. The number of hydrogen-bond donors (Lipinski definition) is 0. The van der Waals surface area contributed by atoms with Crippen molar-refractivity contribution in [1.29, 1.82) is 0 Å². The van der Waals surface area contributed by atoms with Gasteiger partial charge in [-0.15, -0.1) is 0 Å². The van der Waals surface area contributed by atoms with Gasteiger partial charge in [-0.05, 0) is 69.0 Å². The first-order chi connectivity index (χ1) is 12.0. The predicted octanol–water partition coefficient (Wildman–Crippen LogP) is 6.87. The molecule has 2 aromatic carbocycles. The third-order valence-electron chi connectivity index (χ3n) is 4.03. The highest BCUT2D eigenvalue weighted by molar-refractivity contribution is 9.11. The van der Waals surface area contributed by atoms with E-state index in [4.69, 9.17) is 40.2 Å². The molecule has 1 saturated heterocycles. The summed E-state index contributed by atoms with van der Waals surface area (Å²) in [7, 11) is 0. The molecule has 1 heterocycles. The molecule has 0 atom stereocenters. The van der Waals surface area contributed by atoms with E-state index in [1.54, 1.807) is 12.1 Å². The maximum absolute atomic E-state index is 6.20. The van der Waals surface area contributed by atoms with Gasteiger partial charge in [-0.2, -0.15) is 0 Å². The van der Waals surface area contributed by atoms with Crippen LogP contribution in [0.25, 0.3) is 0 Å². The Morgan fingerprint density at radius 1 is 1.08 bits per heavy atom. The predicted molar refractivity (Wildman–Crippen MR) is 115 cm³/mol. The molecule has 0 radical (unpaired) electrons. The van der Waals surface area contributed by atoms with Crippen molar-refractivity contribution < 1.29 is 4.74 Å². The molecule has 132 valence electrons. The van der Waals surface area contributed by atoms with Crippen LogP contribution < -0.4 is 4.74 Å². The second-order valence-electron chi connectivity index (χ2n) is 5.79. The second-order valence-corrected chi connectivity index (χ2v) is 8.73. The Balaban J connectivity index is 1.77. The highest BCUT2D eigenvalue weighted by Crippen LogP contribution is 2.36. The Labute approximate surface area is 179 Å². The lowest BCUT2D eigenvalue weighted by atomic mass is 10.2. The fraction of sp³-hybridized carbons (Fsp3) is 0.278. The van der Waals surface area contributed by atoms with Crippen LogP contribution in [0.3, 0.4) is 0 Å². The van der Waals surface area contributed by atoms with Gasteiger partial charge in [0.25, 0.3) is 0 Å². The zero-order valence-corrected chi connectivity index (χ0v) is 18.7. The Hall–Kier alpha value is -0.330. The molecule has 0 bridgehead atoms. The molecular formula is C18H15Br2Cl2NOS. The Morgan fingerprint density at radius 2 is 1.72 bits per heavy atom.